The minimum absolute atomic E-state index is 0.239. The number of halogens is 2. The number of nitrogens with one attached hydrogen (secondary N) is 1. The first kappa shape index (κ1) is 17.6. The van der Waals surface area contributed by atoms with E-state index in [1.807, 2.05) is 6.08 Å². The molecule has 26 heavy (non-hydrogen) atoms. The Bertz CT molecular complexity index is 615. The van der Waals surface area contributed by atoms with Crippen molar-refractivity contribution in [2.45, 2.75) is 89.2 Å². The molecule has 5 aliphatic rings. The normalized spacial score (nSPS) is 49.8. The van der Waals surface area contributed by atoms with Crippen molar-refractivity contribution in [3.05, 3.63) is 11.6 Å². The van der Waals surface area contributed by atoms with E-state index < -0.39 is 17.4 Å². The van der Waals surface area contributed by atoms with Gasteiger partial charge in [0.1, 0.15) is 6.10 Å². The van der Waals surface area contributed by atoms with Gasteiger partial charge in [0, 0.05) is 18.2 Å². The van der Waals surface area contributed by atoms with Crippen molar-refractivity contribution < 1.29 is 13.9 Å². The van der Waals surface area contributed by atoms with Crippen LogP contribution in [0.15, 0.2) is 11.6 Å². The van der Waals surface area contributed by atoms with Crippen LogP contribution in [0, 0.1) is 28.6 Å². The van der Waals surface area contributed by atoms with E-state index in [0.717, 1.165) is 31.8 Å². The zero-order valence-electron chi connectivity index (χ0n) is 15.9. The average Bonchev–Trinajstić information content (AvgIpc) is 3.34. The van der Waals surface area contributed by atoms with Crippen LogP contribution in [-0.2, 0) is 0 Å². The molecule has 0 heterocycles. The third-order valence-corrected chi connectivity index (χ3v) is 9.03. The lowest BCUT2D eigenvalue weighted by atomic mass is 9.47. The van der Waals surface area contributed by atoms with Crippen LogP contribution in [0.2, 0.25) is 0 Å². The van der Waals surface area contributed by atoms with Gasteiger partial charge in [-0.05, 0) is 86.4 Å². The third kappa shape index (κ3) is 2.40. The average molecular weight is 366 g/mol. The fraction of sp³-hybridized carbons (Fsp3) is 0.909. The molecule has 146 valence electrons. The van der Waals surface area contributed by atoms with Crippen LogP contribution in [-0.4, -0.2) is 29.7 Å². The topological polar surface area (TPSA) is 32.3 Å². The molecule has 2 N–H and O–H groups in total. The predicted molar refractivity (Wildman–Crippen MR) is 98.0 cm³/mol. The molecule has 6 atom stereocenters. The van der Waals surface area contributed by atoms with Crippen molar-refractivity contribution in [3.63, 3.8) is 0 Å². The van der Waals surface area contributed by atoms with Gasteiger partial charge in [-0.2, -0.15) is 8.78 Å². The molecule has 0 aliphatic heterocycles. The molecule has 0 aromatic rings. The molecule has 0 amide bonds. The summed E-state index contributed by atoms with van der Waals surface area (Å²) in [5.41, 5.74) is 0.276. The minimum atomic E-state index is -3.03. The summed E-state index contributed by atoms with van der Waals surface area (Å²) in [6.45, 7) is 3.23. The van der Waals surface area contributed by atoms with E-state index in [-0.39, 0.29) is 12.0 Å². The molecule has 4 saturated carbocycles. The first-order chi connectivity index (χ1) is 12.4. The fourth-order valence-corrected chi connectivity index (χ4v) is 7.47. The zero-order valence-corrected chi connectivity index (χ0v) is 15.9. The van der Waals surface area contributed by atoms with Gasteiger partial charge in [0.15, 0.2) is 0 Å². The van der Waals surface area contributed by atoms with Gasteiger partial charge in [0.25, 0.3) is 5.92 Å². The van der Waals surface area contributed by atoms with E-state index in [9.17, 15) is 13.9 Å². The lowest BCUT2D eigenvalue weighted by Crippen LogP contribution is -2.56. The van der Waals surface area contributed by atoms with Crippen molar-refractivity contribution >= 4 is 0 Å². The Hall–Kier alpha value is -0.480. The molecule has 4 heteroatoms. The highest BCUT2D eigenvalue weighted by Crippen LogP contribution is 2.66. The molecule has 0 radical (unpaired) electrons. The van der Waals surface area contributed by atoms with E-state index in [0.29, 0.717) is 23.2 Å². The number of allylic oxidation sites excluding steroid dienone is 1. The second kappa shape index (κ2) is 5.76. The van der Waals surface area contributed by atoms with Crippen molar-refractivity contribution in [1.82, 2.24) is 5.32 Å². The number of aliphatic hydroxyl groups is 1. The van der Waals surface area contributed by atoms with Crippen LogP contribution in [0.1, 0.15) is 71.1 Å². The summed E-state index contributed by atoms with van der Waals surface area (Å²) < 4.78 is 29.5. The Kier molecular flexibility index (Phi) is 3.90. The molecule has 0 saturated heterocycles. The molecule has 1 unspecified atom stereocenters. The number of hydrogen-bond acceptors (Lipinski definition) is 2. The maximum atomic E-state index is 14.8. The molecule has 4 fully saturated rings. The number of alkyl halides is 2. The number of fused-ring (bicyclic) bond motifs is 5. The summed E-state index contributed by atoms with van der Waals surface area (Å²) in [6, 6.07) is 0.747. The molecule has 2 nitrogen and oxygen atoms in total. The quantitative estimate of drug-likeness (QED) is 0.712. The van der Waals surface area contributed by atoms with Gasteiger partial charge in [-0.15, -0.1) is 0 Å². The second-order valence-corrected chi connectivity index (χ2v) is 10.3. The summed E-state index contributed by atoms with van der Waals surface area (Å²) in [6.07, 6.45) is 11.0. The molecular formula is C22H33F2NO. The summed E-state index contributed by atoms with van der Waals surface area (Å²) in [5, 5.41) is 13.7. The summed E-state index contributed by atoms with van der Waals surface area (Å²) >= 11 is 0. The first-order valence-electron chi connectivity index (χ1n) is 10.9. The highest BCUT2D eigenvalue weighted by atomic mass is 19.3. The monoisotopic (exact) mass is 365 g/mol. The van der Waals surface area contributed by atoms with E-state index in [1.54, 1.807) is 0 Å². The van der Waals surface area contributed by atoms with E-state index in [4.69, 9.17) is 0 Å². The molecule has 0 aromatic heterocycles. The minimum Gasteiger partial charge on any atom is -0.386 e. The maximum absolute atomic E-state index is 14.8. The van der Waals surface area contributed by atoms with Gasteiger partial charge >= 0.3 is 0 Å². The Morgan fingerprint density at radius 1 is 1.08 bits per heavy atom. The van der Waals surface area contributed by atoms with Crippen LogP contribution >= 0.6 is 0 Å². The van der Waals surface area contributed by atoms with Crippen LogP contribution in [0.4, 0.5) is 8.78 Å². The van der Waals surface area contributed by atoms with E-state index in [1.165, 1.54) is 38.5 Å². The zero-order chi connectivity index (χ0) is 18.2. The van der Waals surface area contributed by atoms with Gasteiger partial charge < -0.3 is 10.4 Å². The standard InChI is InChI=1S/C22H33F2NO/c1-20-11-9-19(26)22(23,24)18(20)7-6-15-16(20)8-12-21(10-2-3-17(15)21)13-25-14-4-5-14/h7,14-17,19,25-26H,2-6,8-13H2,1H3/t15-,16+,17+,19?,20-,21+/m1/s1. The second-order valence-electron chi connectivity index (χ2n) is 10.3. The fourth-order valence-electron chi connectivity index (χ4n) is 7.47. The first-order valence-corrected chi connectivity index (χ1v) is 10.9. The van der Waals surface area contributed by atoms with Gasteiger partial charge in [0.2, 0.25) is 0 Å². The SMILES string of the molecule is C[C@]12CCC(O)C(F)(F)C1=CC[C@H]1[C@@H]3CCC[C@@]3(CNC3CC3)CC[C@@H]12. The van der Waals surface area contributed by atoms with Gasteiger partial charge in [-0.25, -0.2) is 0 Å². The Balaban J connectivity index is 1.45. The Labute approximate surface area is 155 Å². The van der Waals surface area contributed by atoms with Crippen LogP contribution in [0.25, 0.3) is 0 Å². The maximum Gasteiger partial charge on any atom is 0.295 e. The smallest absolute Gasteiger partial charge is 0.295 e. The van der Waals surface area contributed by atoms with Gasteiger partial charge in [0.05, 0.1) is 0 Å². The van der Waals surface area contributed by atoms with Crippen molar-refractivity contribution in [2.24, 2.45) is 28.6 Å². The van der Waals surface area contributed by atoms with Gasteiger partial charge in [-0.3, -0.25) is 0 Å². The highest BCUT2D eigenvalue weighted by molar-refractivity contribution is 5.31. The summed E-state index contributed by atoms with van der Waals surface area (Å²) in [5.74, 6) is -1.40. The Morgan fingerprint density at radius 3 is 2.65 bits per heavy atom. The van der Waals surface area contributed by atoms with Crippen LogP contribution < -0.4 is 5.32 Å². The molecule has 0 aromatic carbocycles. The van der Waals surface area contributed by atoms with Crippen molar-refractivity contribution in [1.29, 1.82) is 0 Å². The molecule has 0 spiro atoms. The van der Waals surface area contributed by atoms with Crippen molar-refractivity contribution in [3.8, 4) is 0 Å². The molecular weight excluding hydrogens is 332 g/mol. The predicted octanol–water partition coefficient (Wildman–Crippen LogP) is 4.68. The lowest BCUT2D eigenvalue weighted by molar-refractivity contribution is -0.141. The molecule has 0 bridgehead atoms. The number of aliphatic hydroxyl groups excluding tert-OH is 1. The summed E-state index contributed by atoms with van der Waals surface area (Å²) in [4.78, 5) is 0. The van der Waals surface area contributed by atoms with Crippen molar-refractivity contribution in [2.75, 3.05) is 6.54 Å². The number of hydrogen-bond donors (Lipinski definition) is 2. The highest BCUT2D eigenvalue weighted by Gasteiger charge is 2.62. The van der Waals surface area contributed by atoms with E-state index in [2.05, 4.69) is 12.2 Å². The number of rotatable bonds is 3. The van der Waals surface area contributed by atoms with Crippen LogP contribution in [0.5, 0.6) is 0 Å². The Morgan fingerprint density at radius 2 is 1.88 bits per heavy atom. The molecule has 5 aliphatic carbocycles. The summed E-state index contributed by atoms with van der Waals surface area (Å²) in [7, 11) is 0. The van der Waals surface area contributed by atoms with E-state index >= 15 is 0 Å². The largest absolute Gasteiger partial charge is 0.386 e. The van der Waals surface area contributed by atoms with Gasteiger partial charge in [-0.1, -0.05) is 19.4 Å². The molecule has 5 rings (SSSR count). The van der Waals surface area contributed by atoms with Crippen LogP contribution in [0.3, 0.4) is 0 Å². The third-order valence-electron chi connectivity index (χ3n) is 9.03. The lowest BCUT2D eigenvalue weighted by Gasteiger charge is -2.59.